The number of aliphatic imine (C=N–C) groups is 1. The molecule has 1 N–H and O–H groups in total. The highest BCUT2D eigenvalue weighted by Crippen LogP contribution is 2.08. The molecule has 0 spiro atoms. The molecule has 1 aromatic carbocycles. The molecule has 21 heavy (non-hydrogen) atoms. The monoisotopic (exact) mass is 286 g/mol. The topological polar surface area (TPSA) is 30.9 Å². The number of nitrogens with one attached hydrogen (secondary N) is 1. The Bertz CT molecular complexity index is 447. The molecule has 0 amide bonds. The maximum atomic E-state index is 4.56. The van der Waals surface area contributed by atoms with Gasteiger partial charge in [-0.3, -0.25) is 4.90 Å². The largest absolute Gasteiger partial charge is 0.357 e. The van der Waals surface area contributed by atoms with E-state index in [4.69, 9.17) is 0 Å². The number of benzene rings is 1. The van der Waals surface area contributed by atoms with Gasteiger partial charge < -0.3 is 10.2 Å². The Labute approximate surface area is 128 Å². The van der Waals surface area contributed by atoms with Gasteiger partial charge in [-0.15, -0.1) is 6.58 Å². The van der Waals surface area contributed by atoms with E-state index in [9.17, 15) is 0 Å². The van der Waals surface area contributed by atoms with Crippen LogP contribution in [0.1, 0.15) is 12.5 Å². The van der Waals surface area contributed by atoms with Gasteiger partial charge in [0.15, 0.2) is 5.96 Å². The van der Waals surface area contributed by atoms with E-state index in [0.717, 1.165) is 45.2 Å². The quantitative estimate of drug-likeness (QED) is 0.510. The van der Waals surface area contributed by atoms with E-state index in [0.29, 0.717) is 6.54 Å². The number of hydrogen-bond donors (Lipinski definition) is 1. The maximum absolute atomic E-state index is 4.56. The summed E-state index contributed by atoms with van der Waals surface area (Å²) in [5.41, 5.74) is 1.39. The van der Waals surface area contributed by atoms with Gasteiger partial charge in [0.1, 0.15) is 0 Å². The molecule has 1 aromatic rings. The summed E-state index contributed by atoms with van der Waals surface area (Å²) in [5.74, 6) is 1.01. The van der Waals surface area contributed by atoms with Crippen LogP contribution in [-0.4, -0.2) is 55.0 Å². The lowest BCUT2D eigenvalue weighted by Gasteiger charge is -2.36. The van der Waals surface area contributed by atoms with Crippen LogP contribution in [0.25, 0.3) is 0 Å². The third kappa shape index (κ3) is 4.90. The molecule has 0 aliphatic carbocycles. The van der Waals surface area contributed by atoms with Crippen molar-refractivity contribution in [3.8, 4) is 0 Å². The lowest BCUT2D eigenvalue weighted by molar-refractivity contribution is 0.172. The van der Waals surface area contributed by atoms with Crippen molar-refractivity contribution in [2.24, 2.45) is 4.99 Å². The van der Waals surface area contributed by atoms with Gasteiger partial charge in [-0.25, -0.2) is 4.99 Å². The van der Waals surface area contributed by atoms with Crippen LogP contribution in [0.2, 0.25) is 0 Å². The van der Waals surface area contributed by atoms with Gasteiger partial charge in [0.25, 0.3) is 0 Å². The van der Waals surface area contributed by atoms with Crippen LogP contribution in [0.3, 0.4) is 0 Å². The summed E-state index contributed by atoms with van der Waals surface area (Å²) in [6.07, 6.45) is 1.84. The molecule has 2 rings (SSSR count). The van der Waals surface area contributed by atoms with Crippen LogP contribution >= 0.6 is 0 Å². The number of hydrogen-bond acceptors (Lipinski definition) is 2. The molecule has 4 heteroatoms. The van der Waals surface area contributed by atoms with Crippen LogP contribution < -0.4 is 5.32 Å². The molecule has 1 aliphatic heterocycles. The Morgan fingerprint density at radius 2 is 1.95 bits per heavy atom. The first-order valence-electron chi connectivity index (χ1n) is 7.74. The van der Waals surface area contributed by atoms with Gasteiger partial charge in [-0.05, 0) is 12.5 Å². The maximum Gasteiger partial charge on any atom is 0.194 e. The number of nitrogens with zero attached hydrogens (tertiary/aromatic N) is 3. The van der Waals surface area contributed by atoms with Crippen molar-refractivity contribution in [2.75, 3.05) is 39.3 Å². The van der Waals surface area contributed by atoms with Crippen molar-refractivity contribution in [2.45, 2.75) is 13.5 Å². The molecule has 1 heterocycles. The summed E-state index contributed by atoms with van der Waals surface area (Å²) in [7, 11) is 0. The normalized spacial score (nSPS) is 16.8. The smallest absolute Gasteiger partial charge is 0.194 e. The van der Waals surface area contributed by atoms with E-state index in [1.54, 1.807) is 0 Å². The Morgan fingerprint density at radius 3 is 2.57 bits per heavy atom. The molecular formula is C17H26N4. The van der Waals surface area contributed by atoms with E-state index in [1.807, 2.05) is 6.08 Å². The number of rotatable bonds is 5. The Balaban J connectivity index is 1.85. The van der Waals surface area contributed by atoms with E-state index in [1.165, 1.54) is 5.56 Å². The highest BCUT2D eigenvalue weighted by Gasteiger charge is 2.19. The fourth-order valence-electron chi connectivity index (χ4n) is 2.54. The molecule has 1 fully saturated rings. The minimum absolute atomic E-state index is 0.673. The zero-order chi connectivity index (χ0) is 14.9. The number of piperazine rings is 1. The average molecular weight is 286 g/mol. The molecule has 4 nitrogen and oxygen atoms in total. The van der Waals surface area contributed by atoms with E-state index < -0.39 is 0 Å². The van der Waals surface area contributed by atoms with Crippen LogP contribution in [0.4, 0.5) is 0 Å². The molecule has 0 aromatic heterocycles. The summed E-state index contributed by atoms with van der Waals surface area (Å²) in [5, 5.41) is 3.36. The van der Waals surface area contributed by atoms with Crippen LogP contribution in [0.5, 0.6) is 0 Å². The summed E-state index contributed by atoms with van der Waals surface area (Å²) < 4.78 is 0. The average Bonchev–Trinajstić information content (AvgIpc) is 2.53. The fraction of sp³-hybridized carbons (Fsp3) is 0.471. The SMILES string of the molecule is C=CCN=C(NCC)N1CCN(Cc2ccccc2)CC1. The van der Waals surface area contributed by atoms with Crippen molar-refractivity contribution in [3.63, 3.8) is 0 Å². The predicted octanol–water partition coefficient (Wildman–Crippen LogP) is 1.96. The first-order chi connectivity index (χ1) is 10.3. The first kappa shape index (κ1) is 15.6. The lowest BCUT2D eigenvalue weighted by atomic mass is 10.2. The van der Waals surface area contributed by atoms with Crippen molar-refractivity contribution in [3.05, 3.63) is 48.6 Å². The summed E-state index contributed by atoms with van der Waals surface area (Å²) in [6.45, 7) is 12.7. The molecule has 0 saturated carbocycles. The van der Waals surface area contributed by atoms with Crippen molar-refractivity contribution >= 4 is 5.96 Å². The molecule has 114 valence electrons. The molecule has 0 radical (unpaired) electrons. The summed E-state index contributed by atoms with van der Waals surface area (Å²) in [6, 6.07) is 10.7. The molecule has 1 saturated heterocycles. The van der Waals surface area contributed by atoms with Crippen molar-refractivity contribution < 1.29 is 0 Å². The van der Waals surface area contributed by atoms with Crippen LogP contribution in [0.15, 0.2) is 48.0 Å². The molecular weight excluding hydrogens is 260 g/mol. The Kier molecular flexibility index (Phi) is 6.28. The van der Waals surface area contributed by atoms with E-state index in [-0.39, 0.29) is 0 Å². The van der Waals surface area contributed by atoms with Gasteiger partial charge in [0.05, 0.1) is 6.54 Å². The zero-order valence-corrected chi connectivity index (χ0v) is 13.0. The minimum Gasteiger partial charge on any atom is -0.357 e. The van der Waals surface area contributed by atoms with Crippen molar-refractivity contribution in [1.82, 2.24) is 15.1 Å². The van der Waals surface area contributed by atoms with Gasteiger partial charge in [0.2, 0.25) is 0 Å². The highest BCUT2D eigenvalue weighted by molar-refractivity contribution is 5.80. The van der Waals surface area contributed by atoms with Gasteiger partial charge >= 0.3 is 0 Å². The third-order valence-electron chi connectivity index (χ3n) is 3.63. The second kappa shape index (κ2) is 8.47. The lowest BCUT2D eigenvalue weighted by Crippen LogP contribution is -2.52. The van der Waals surface area contributed by atoms with E-state index >= 15 is 0 Å². The van der Waals surface area contributed by atoms with E-state index in [2.05, 4.69) is 63.9 Å². The fourth-order valence-corrected chi connectivity index (χ4v) is 2.54. The van der Waals surface area contributed by atoms with Gasteiger partial charge in [-0.1, -0.05) is 36.4 Å². The van der Waals surface area contributed by atoms with Gasteiger partial charge in [0, 0.05) is 39.3 Å². The molecule has 0 unspecified atom stereocenters. The zero-order valence-electron chi connectivity index (χ0n) is 13.0. The Hall–Kier alpha value is -1.81. The first-order valence-corrected chi connectivity index (χ1v) is 7.74. The highest BCUT2D eigenvalue weighted by atomic mass is 15.3. The Morgan fingerprint density at radius 1 is 1.24 bits per heavy atom. The molecule has 0 atom stereocenters. The second-order valence-electron chi connectivity index (χ2n) is 5.23. The second-order valence-corrected chi connectivity index (χ2v) is 5.23. The van der Waals surface area contributed by atoms with Crippen molar-refractivity contribution in [1.29, 1.82) is 0 Å². The summed E-state index contributed by atoms with van der Waals surface area (Å²) >= 11 is 0. The standard InChI is InChI=1S/C17H26N4/c1-3-10-19-17(18-4-2)21-13-11-20(12-14-21)15-16-8-6-5-7-9-16/h3,5-9H,1,4,10-15H2,2H3,(H,18,19). The number of guanidine groups is 1. The molecule has 1 aliphatic rings. The van der Waals surface area contributed by atoms with Gasteiger partial charge in [-0.2, -0.15) is 0 Å². The predicted molar refractivity (Wildman–Crippen MR) is 89.5 cm³/mol. The van der Waals surface area contributed by atoms with Crippen LogP contribution in [-0.2, 0) is 6.54 Å². The third-order valence-corrected chi connectivity index (χ3v) is 3.63. The molecule has 0 bridgehead atoms. The summed E-state index contributed by atoms with van der Waals surface area (Å²) in [4.78, 5) is 9.40. The minimum atomic E-state index is 0.673. The van der Waals surface area contributed by atoms with Crippen LogP contribution in [0, 0.1) is 0 Å².